The summed E-state index contributed by atoms with van der Waals surface area (Å²) in [6, 6.07) is 0. The predicted octanol–water partition coefficient (Wildman–Crippen LogP) is 1.53. The molecule has 2 N–H and O–H groups in total. The molecule has 98 valence electrons. The maximum Gasteiger partial charge on any atom is 0.271 e. The van der Waals surface area contributed by atoms with Crippen molar-refractivity contribution in [2.24, 2.45) is 0 Å². The molecule has 1 saturated carbocycles. The number of carbonyl (C=O) groups is 1. The van der Waals surface area contributed by atoms with Crippen LogP contribution >= 0.6 is 11.8 Å². The quantitative estimate of drug-likeness (QED) is 0.846. The molecule has 1 aliphatic carbocycles. The third-order valence-electron chi connectivity index (χ3n) is 3.41. The first kappa shape index (κ1) is 13.1. The van der Waals surface area contributed by atoms with Gasteiger partial charge >= 0.3 is 0 Å². The van der Waals surface area contributed by atoms with Crippen LogP contribution in [0.3, 0.4) is 0 Å². The molecule has 18 heavy (non-hydrogen) atoms. The summed E-state index contributed by atoms with van der Waals surface area (Å²) in [4.78, 5) is 20.1. The number of amides is 1. The molecule has 0 saturated heterocycles. The number of nitrogens with zero attached hydrogens (tertiary/aromatic N) is 2. The van der Waals surface area contributed by atoms with E-state index in [1.807, 2.05) is 11.8 Å². The van der Waals surface area contributed by atoms with Gasteiger partial charge in [-0.1, -0.05) is 6.42 Å². The zero-order valence-electron chi connectivity index (χ0n) is 10.7. The van der Waals surface area contributed by atoms with Gasteiger partial charge in [-0.3, -0.25) is 4.79 Å². The van der Waals surface area contributed by atoms with Crippen LogP contribution in [0.1, 0.15) is 29.8 Å². The number of nitrogens with one attached hydrogen (secondary N) is 2. The van der Waals surface area contributed by atoms with Crippen LogP contribution < -0.4 is 10.6 Å². The van der Waals surface area contributed by atoms with Crippen LogP contribution in [0.25, 0.3) is 0 Å². The molecule has 0 aromatic carbocycles. The zero-order chi connectivity index (χ0) is 13.0. The summed E-state index contributed by atoms with van der Waals surface area (Å²) in [6.45, 7) is 0.711. The highest BCUT2D eigenvalue weighted by molar-refractivity contribution is 8.00. The van der Waals surface area contributed by atoms with Crippen molar-refractivity contribution < 1.29 is 4.79 Å². The molecule has 2 rings (SSSR count). The number of aromatic nitrogens is 2. The zero-order valence-corrected chi connectivity index (χ0v) is 11.5. The lowest BCUT2D eigenvalue weighted by Gasteiger charge is -2.40. The second-order valence-corrected chi connectivity index (χ2v) is 5.73. The molecule has 1 fully saturated rings. The fourth-order valence-electron chi connectivity index (χ4n) is 1.93. The average Bonchev–Trinajstić information content (AvgIpc) is 2.38. The molecule has 1 aromatic heterocycles. The van der Waals surface area contributed by atoms with E-state index in [1.165, 1.54) is 25.5 Å². The fraction of sp³-hybridized carbons (Fsp3) is 0.583. The lowest BCUT2D eigenvalue weighted by atomic mass is 9.84. The minimum absolute atomic E-state index is 0.148. The summed E-state index contributed by atoms with van der Waals surface area (Å²) in [5, 5.41) is 5.82. The lowest BCUT2D eigenvalue weighted by Crippen LogP contribution is -2.45. The number of carbonyl (C=O) groups excluding carboxylic acids is 1. The van der Waals surface area contributed by atoms with E-state index in [0.29, 0.717) is 18.1 Å². The Morgan fingerprint density at radius 2 is 2.22 bits per heavy atom. The van der Waals surface area contributed by atoms with Crippen molar-refractivity contribution >= 4 is 23.5 Å². The number of anilines is 1. The van der Waals surface area contributed by atoms with E-state index < -0.39 is 0 Å². The van der Waals surface area contributed by atoms with Gasteiger partial charge in [-0.25, -0.2) is 9.97 Å². The Labute approximate surface area is 111 Å². The number of thioether (sulfide) groups is 1. The van der Waals surface area contributed by atoms with Crippen LogP contribution in [-0.2, 0) is 0 Å². The first-order chi connectivity index (χ1) is 8.69. The lowest BCUT2D eigenvalue weighted by molar-refractivity contribution is 0.0938. The Morgan fingerprint density at radius 3 is 2.67 bits per heavy atom. The van der Waals surface area contributed by atoms with Gasteiger partial charge in [0.25, 0.3) is 5.91 Å². The van der Waals surface area contributed by atoms with Gasteiger partial charge < -0.3 is 10.6 Å². The van der Waals surface area contributed by atoms with Crippen LogP contribution in [0.4, 0.5) is 5.82 Å². The third kappa shape index (κ3) is 2.75. The SMILES string of the molecule is CNc1cnc(C(=O)NCC2(SC)CCC2)cn1. The summed E-state index contributed by atoms with van der Waals surface area (Å²) < 4.78 is 0.244. The van der Waals surface area contributed by atoms with Gasteiger partial charge in [0, 0.05) is 18.3 Å². The molecular weight excluding hydrogens is 248 g/mol. The number of rotatable bonds is 5. The first-order valence-corrected chi connectivity index (χ1v) is 7.25. The maximum absolute atomic E-state index is 11.9. The molecule has 1 heterocycles. The van der Waals surface area contributed by atoms with Gasteiger partial charge in [0.1, 0.15) is 11.5 Å². The predicted molar refractivity (Wildman–Crippen MR) is 74.0 cm³/mol. The molecule has 0 atom stereocenters. The largest absolute Gasteiger partial charge is 0.372 e. The monoisotopic (exact) mass is 266 g/mol. The Hall–Kier alpha value is -1.30. The van der Waals surface area contributed by atoms with E-state index in [0.717, 1.165) is 0 Å². The van der Waals surface area contributed by atoms with Crippen LogP contribution in [0.2, 0.25) is 0 Å². The molecule has 1 amide bonds. The van der Waals surface area contributed by atoms with Crippen LogP contribution in [0.15, 0.2) is 12.4 Å². The topological polar surface area (TPSA) is 66.9 Å². The highest BCUT2D eigenvalue weighted by atomic mass is 32.2. The summed E-state index contributed by atoms with van der Waals surface area (Å²) in [5.74, 6) is 0.511. The average molecular weight is 266 g/mol. The van der Waals surface area contributed by atoms with Crippen molar-refractivity contribution in [2.75, 3.05) is 25.2 Å². The van der Waals surface area contributed by atoms with E-state index in [2.05, 4.69) is 26.9 Å². The molecule has 0 aliphatic heterocycles. The van der Waals surface area contributed by atoms with Crippen molar-refractivity contribution in [3.63, 3.8) is 0 Å². The van der Waals surface area contributed by atoms with E-state index in [-0.39, 0.29) is 10.7 Å². The van der Waals surface area contributed by atoms with E-state index in [1.54, 1.807) is 13.2 Å². The van der Waals surface area contributed by atoms with Gasteiger partial charge in [0.2, 0.25) is 0 Å². The van der Waals surface area contributed by atoms with Crippen molar-refractivity contribution in [3.8, 4) is 0 Å². The van der Waals surface area contributed by atoms with Crippen molar-refractivity contribution in [1.82, 2.24) is 15.3 Å². The second kappa shape index (κ2) is 5.56. The van der Waals surface area contributed by atoms with Gasteiger partial charge in [0.05, 0.1) is 12.4 Å². The molecule has 0 bridgehead atoms. The van der Waals surface area contributed by atoms with Crippen LogP contribution in [0, 0.1) is 0 Å². The van der Waals surface area contributed by atoms with Gasteiger partial charge in [-0.2, -0.15) is 11.8 Å². The van der Waals surface area contributed by atoms with E-state index >= 15 is 0 Å². The Morgan fingerprint density at radius 1 is 1.44 bits per heavy atom. The molecule has 5 nitrogen and oxygen atoms in total. The maximum atomic E-state index is 11.9. The third-order valence-corrected chi connectivity index (χ3v) is 4.83. The van der Waals surface area contributed by atoms with Gasteiger partial charge in [-0.15, -0.1) is 0 Å². The van der Waals surface area contributed by atoms with Crippen LogP contribution in [0.5, 0.6) is 0 Å². The fourth-order valence-corrected chi connectivity index (χ4v) is 2.84. The summed E-state index contributed by atoms with van der Waals surface area (Å²) >= 11 is 1.84. The Kier molecular flexibility index (Phi) is 4.06. The van der Waals surface area contributed by atoms with Crippen molar-refractivity contribution in [1.29, 1.82) is 0 Å². The summed E-state index contributed by atoms with van der Waals surface area (Å²) in [6.07, 6.45) is 8.77. The summed E-state index contributed by atoms with van der Waals surface area (Å²) in [5.41, 5.74) is 0.365. The molecular formula is C12H18N4OS. The highest BCUT2D eigenvalue weighted by Gasteiger charge is 2.36. The molecule has 6 heteroatoms. The van der Waals surface area contributed by atoms with E-state index in [4.69, 9.17) is 0 Å². The number of hydrogen-bond acceptors (Lipinski definition) is 5. The normalized spacial score (nSPS) is 16.8. The Bertz CT molecular complexity index is 411. The number of hydrogen-bond donors (Lipinski definition) is 2. The highest BCUT2D eigenvalue weighted by Crippen LogP contribution is 2.42. The molecule has 0 radical (unpaired) electrons. The molecule has 1 aromatic rings. The minimum atomic E-state index is -0.148. The van der Waals surface area contributed by atoms with Gasteiger partial charge in [-0.05, 0) is 19.1 Å². The smallest absolute Gasteiger partial charge is 0.271 e. The van der Waals surface area contributed by atoms with Gasteiger partial charge in [0.15, 0.2) is 0 Å². The Balaban J connectivity index is 1.90. The first-order valence-electron chi connectivity index (χ1n) is 6.02. The molecule has 1 aliphatic rings. The second-order valence-electron chi connectivity index (χ2n) is 4.46. The minimum Gasteiger partial charge on any atom is -0.372 e. The standard InChI is InChI=1S/C12H18N4OS/c1-13-10-7-14-9(6-15-10)11(17)16-8-12(18-2)4-3-5-12/h6-7H,3-5,8H2,1-2H3,(H,13,15)(H,16,17). The van der Waals surface area contributed by atoms with Crippen molar-refractivity contribution in [3.05, 3.63) is 18.1 Å². The van der Waals surface area contributed by atoms with E-state index in [9.17, 15) is 4.79 Å². The summed E-state index contributed by atoms with van der Waals surface area (Å²) in [7, 11) is 1.77. The molecule has 0 spiro atoms. The van der Waals surface area contributed by atoms with Crippen molar-refractivity contribution in [2.45, 2.75) is 24.0 Å². The molecule has 0 unspecified atom stereocenters. The van der Waals surface area contributed by atoms with Crippen LogP contribution in [-0.4, -0.2) is 40.5 Å².